The van der Waals surface area contributed by atoms with Gasteiger partial charge in [0.15, 0.2) is 0 Å². The van der Waals surface area contributed by atoms with Gasteiger partial charge in [0.05, 0.1) is 4.92 Å². The SMILES string of the molecule is CCCC(NC(CCO)C(C)C)c1cccc([N+](=O)[O-])c1. The van der Waals surface area contributed by atoms with Crippen LogP contribution >= 0.6 is 0 Å². The van der Waals surface area contributed by atoms with Gasteiger partial charge in [-0.2, -0.15) is 0 Å². The van der Waals surface area contributed by atoms with Gasteiger partial charge in [-0.3, -0.25) is 10.1 Å². The van der Waals surface area contributed by atoms with Gasteiger partial charge in [-0.05, 0) is 24.3 Å². The van der Waals surface area contributed by atoms with Crippen molar-refractivity contribution in [2.75, 3.05) is 6.61 Å². The average Bonchev–Trinajstić information content (AvgIpc) is 2.46. The fraction of sp³-hybridized carbons (Fsp3) is 0.625. The molecule has 5 heteroatoms. The minimum Gasteiger partial charge on any atom is -0.396 e. The number of aliphatic hydroxyl groups excluding tert-OH is 1. The molecule has 2 N–H and O–H groups in total. The van der Waals surface area contributed by atoms with E-state index in [0.29, 0.717) is 12.3 Å². The zero-order valence-electron chi connectivity index (χ0n) is 13.1. The molecule has 0 amide bonds. The second-order valence-electron chi connectivity index (χ2n) is 5.72. The van der Waals surface area contributed by atoms with Gasteiger partial charge in [-0.15, -0.1) is 0 Å². The number of nitrogens with one attached hydrogen (secondary N) is 1. The minimum absolute atomic E-state index is 0.0776. The molecule has 0 aromatic heterocycles. The number of nitro groups is 1. The lowest BCUT2D eigenvalue weighted by atomic mass is 9.96. The summed E-state index contributed by atoms with van der Waals surface area (Å²) >= 11 is 0. The topological polar surface area (TPSA) is 75.4 Å². The van der Waals surface area contributed by atoms with Crippen LogP contribution in [0.2, 0.25) is 0 Å². The summed E-state index contributed by atoms with van der Waals surface area (Å²) in [5, 5.41) is 23.7. The molecule has 1 rings (SSSR count). The molecule has 118 valence electrons. The molecule has 5 nitrogen and oxygen atoms in total. The van der Waals surface area contributed by atoms with Crippen molar-refractivity contribution in [1.29, 1.82) is 0 Å². The fourth-order valence-electron chi connectivity index (χ4n) is 2.50. The van der Waals surface area contributed by atoms with E-state index in [1.54, 1.807) is 12.1 Å². The summed E-state index contributed by atoms with van der Waals surface area (Å²) in [5.41, 5.74) is 1.06. The first-order valence-corrected chi connectivity index (χ1v) is 7.60. The van der Waals surface area contributed by atoms with E-state index >= 15 is 0 Å². The summed E-state index contributed by atoms with van der Waals surface area (Å²) in [6.07, 6.45) is 2.59. The van der Waals surface area contributed by atoms with Crippen molar-refractivity contribution in [3.05, 3.63) is 39.9 Å². The van der Waals surface area contributed by atoms with Gasteiger partial charge >= 0.3 is 0 Å². The molecule has 0 bridgehead atoms. The third-order valence-electron chi connectivity index (χ3n) is 3.72. The standard InChI is InChI=1S/C16H26N2O3/c1-4-6-16(17-15(9-10-19)12(2)3)13-7-5-8-14(11-13)18(20)21/h5,7-8,11-12,15-17,19H,4,6,9-10H2,1-3H3. The second kappa shape index (κ2) is 8.74. The first kappa shape index (κ1) is 17.6. The highest BCUT2D eigenvalue weighted by Crippen LogP contribution is 2.24. The van der Waals surface area contributed by atoms with Crippen molar-refractivity contribution < 1.29 is 10.0 Å². The quantitative estimate of drug-likeness (QED) is 0.540. The molecule has 0 saturated carbocycles. The smallest absolute Gasteiger partial charge is 0.269 e. The number of aliphatic hydroxyl groups is 1. The van der Waals surface area contributed by atoms with Crippen molar-refractivity contribution >= 4 is 5.69 Å². The van der Waals surface area contributed by atoms with Crippen LogP contribution in [-0.2, 0) is 0 Å². The lowest BCUT2D eigenvalue weighted by Gasteiger charge is -2.28. The largest absolute Gasteiger partial charge is 0.396 e. The Morgan fingerprint density at radius 1 is 1.33 bits per heavy atom. The summed E-state index contributed by atoms with van der Waals surface area (Å²) in [6.45, 7) is 6.47. The van der Waals surface area contributed by atoms with Gasteiger partial charge in [-0.1, -0.05) is 39.3 Å². The summed E-state index contributed by atoms with van der Waals surface area (Å²) in [5.74, 6) is 0.398. The molecule has 0 spiro atoms. The Balaban J connectivity index is 2.94. The summed E-state index contributed by atoms with van der Waals surface area (Å²) in [7, 11) is 0. The number of nitrogens with zero attached hydrogens (tertiary/aromatic N) is 1. The molecule has 21 heavy (non-hydrogen) atoms. The van der Waals surface area contributed by atoms with E-state index < -0.39 is 0 Å². The molecular formula is C16H26N2O3. The third kappa shape index (κ3) is 5.44. The van der Waals surface area contributed by atoms with Crippen LogP contribution in [0.3, 0.4) is 0 Å². The normalized spacial score (nSPS) is 14.1. The zero-order valence-corrected chi connectivity index (χ0v) is 13.1. The van der Waals surface area contributed by atoms with Crippen LogP contribution < -0.4 is 5.32 Å². The Morgan fingerprint density at radius 3 is 2.57 bits per heavy atom. The van der Waals surface area contributed by atoms with Gasteiger partial charge in [0, 0.05) is 30.8 Å². The Labute approximate surface area is 126 Å². The number of rotatable bonds is 9. The van der Waals surface area contributed by atoms with Crippen molar-refractivity contribution in [2.45, 2.75) is 52.1 Å². The molecule has 0 heterocycles. The second-order valence-corrected chi connectivity index (χ2v) is 5.72. The first-order valence-electron chi connectivity index (χ1n) is 7.60. The van der Waals surface area contributed by atoms with Crippen molar-refractivity contribution in [3.63, 3.8) is 0 Å². The number of benzene rings is 1. The Kier molecular flexibility index (Phi) is 7.32. The van der Waals surface area contributed by atoms with Gasteiger partial charge in [-0.25, -0.2) is 0 Å². The predicted molar refractivity (Wildman–Crippen MR) is 84.2 cm³/mol. The van der Waals surface area contributed by atoms with Crippen LogP contribution in [0.25, 0.3) is 0 Å². The van der Waals surface area contributed by atoms with Crippen LogP contribution in [0.5, 0.6) is 0 Å². The van der Waals surface area contributed by atoms with Crippen LogP contribution in [0.4, 0.5) is 5.69 Å². The monoisotopic (exact) mass is 294 g/mol. The van der Waals surface area contributed by atoms with E-state index in [9.17, 15) is 15.2 Å². The van der Waals surface area contributed by atoms with E-state index in [1.165, 1.54) is 6.07 Å². The highest BCUT2D eigenvalue weighted by atomic mass is 16.6. The number of hydrogen-bond acceptors (Lipinski definition) is 4. The molecule has 0 aliphatic carbocycles. The summed E-state index contributed by atoms with van der Waals surface area (Å²) < 4.78 is 0. The minimum atomic E-state index is -0.361. The van der Waals surface area contributed by atoms with E-state index in [4.69, 9.17) is 0 Å². The highest BCUT2D eigenvalue weighted by molar-refractivity contribution is 5.35. The van der Waals surface area contributed by atoms with Crippen LogP contribution in [0.15, 0.2) is 24.3 Å². The lowest BCUT2D eigenvalue weighted by Crippen LogP contribution is -2.37. The van der Waals surface area contributed by atoms with Crippen LogP contribution in [0.1, 0.15) is 51.6 Å². The molecule has 1 aromatic carbocycles. The van der Waals surface area contributed by atoms with Gasteiger partial charge in [0.2, 0.25) is 0 Å². The van der Waals surface area contributed by atoms with E-state index in [-0.39, 0.29) is 29.3 Å². The summed E-state index contributed by atoms with van der Waals surface area (Å²) in [6, 6.07) is 7.09. The molecule has 0 saturated heterocycles. The molecule has 0 fully saturated rings. The Bertz CT molecular complexity index is 449. The van der Waals surface area contributed by atoms with Crippen LogP contribution in [0, 0.1) is 16.0 Å². The fourth-order valence-corrected chi connectivity index (χ4v) is 2.50. The van der Waals surface area contributed by atoms with Gasteiger partial charge in [0.25, 0.3) is 5.69 Å². The van der Waals surface area contributed by atoms with Crippen molar-refractivity contribution in [2.24, 2.45) is 5.92 Å². The molecule has 0 aliphatic rings. The molecule has 0 aliphatic heterocycles. The predicted octanol–water partition coefficient (Wildman–Crippen LogP) is 3.43. The number of non-ortho nitro benzene ring substituents is 1. The van der Waals surface area contributed by atoms with Crippen molar-refractivity contribution in [3.8, 4) is 0 Å². The highest BCUT2D eigenvalue weighted by Gasteiger charge is 2.20. The van der Waals surface area contributed by atoms with E-state index in [0.717, 1.165) is 18.4 Å². The third-order valence-corrected chi connectivity index (χ3v) is 3.72. The first-order chi connectivity index (χ1) is 9.99. The zero-order chi connectivity index (χ0) is 15.8. The Hall–Kier alpha value is -1.46. The molecule has 2 unspecified atom stereocenters. The molecular weight excluding hydrogens is 268 g/mol. The number of nitro benzene ring substituents is 1. The van der Waals surface area contributed by atoms with E-state index in [1.807, 2.05) is 6.07 Å². The maximum absolute atomic E-state index is 10.9. The Morgan fingerprint density at radius 2 is 2.05 bits per heavy atom. The average molecular weight is 294 g/mol. The van der Waals surface area contributed by atoms with Gasteiger partial charge < -0.3 is 10.4 Å². The lowest BCUT2D eigenvalue weighted by molar-refractivity contribution is -0.384. The maximum atomic E-state index is 10.9. The van der Waals surface area contributed by atoms with E-state index in [2.05, 4.69) is 26.1 Å². The maximum Gasteiger partial charge on any atom is 0.269 e. The molecule has 2 atom stereocenters. The van der Waals surface area contributed by atoms with Crippen molar-refractivity contribution in [1.82, 2.24) is 5.32 Å². The van der Waals surface area contributed by atoms with Gasteiger partial charge in [0.1, 0.15) is 0 Å². The molecule has 1 aromatic rings. The molecule has 0 radical (unpaired) electrons. The number of hydrogen-bond donors (Lipinski definition) is 2. The van der Waals surface area contributed by atoms with Crippen LogP contribution in [-0.4, -0.2) is 22.7 Å². The summed E-state index contributed by atoms with van der Waals surface area (Å²) in [4.78, 5) is 10.6.